The molecule has 1 unspecified atom stereocenters. The summed E-state index contributed by atoms with van der Waals surface area (Å²) in [6.07, 6.45) is 3.17. The summed E-state index contributed by atoms with van der Waals surface area (Å²) < 4.78 is 0. The first-order valence-corrected chi connectivity index (χ1v) is 7.68. The van der Waals surface area contributed by atoms with Gasteiger partial charge in [-0.3, -0.25) is 9.69 Å². The van der Waals surface area contributed by atoms with Crippen molar-refractivity contribution in [1.82, 2.24) is 4.90 Å². The molecule has 0 fully saturated rings. The summed E-state index contributed by atoms with van der Waals surface area (Å²) in [5.74, 6) is 0.122. The summed E-state index contributed by atoms with van der Waals surface area (Å²) in [6, 6.07) is 7.57. The molecule has 1 aromatic carbocycles. The lowest BCUT2D eigenvalue weighted by atomic mass is 9.82. The Morgan fingerprint density at radius 1 is 1.27 bits per heavy atom. The van der Waals surface area contributed by atoms with Gasteiger partial charge in [0.25, 0.3) is 0 Å². The average molecular weight is 304 g/mol. The molecule has 0 aliphatic heterocycles. The van der Waals surface area contributed by atoms with E-state index >= 15 is 0 Å². The smallest absolute Gasteiger partial charge is 0.183 e. The number of carbonyl (C=O) groups excluding carboxylic acids is 1. The molecule has 0 saturated heterocycles. The number of hydrogen-bond acceptors (Lipinski definition) is 4. The van der Waals surface area contributed by atoms with Gasteiger partial charge in [0.15, 0.2) is 5.78 Å². The van der Waals surface area contributed by atoms with Crippen molar-refractivity contribution >= 4 is 11.5 Å². The second-order valence-electron chi connectivity index (χ2n) is 5.79. The predicted octanol–water partition coefficient (Wildman–Crippen LogP) is 2.58. The molecule has 0 radical (unpaired) electrons. The molecule has 0 aromatic heterocycles. The van der Waals surface area contributed by atoms with Gasteiger partial charge < -0.3 is 10.0 Å². The molecule has 1 N–H and O–H groups in total. The molecule has 4 heteroatoms. The van der Waals surface area contributed by atoms with Crippen molar-refractivity contribution in [2.75, 3.05) is 39.2 Å². The van der Waals surface area contributed by atoms with Crippen molar-refractivity contribution in [2.24, 2.45) is 0 Å². The fourth-order valence-electron chi connectivity index (χ4n) is 2.75. The number of Topliss-reactive ketones (excluding diaryl/α,β-unsaturated/α-hetero) is 1. The first kappa shape index (κ1) is 18.4. The molecule has 1 rings (SSSR count). The average Bonchev–Trinajstić information content (AvgIpc) is 2.52. The van der Waals surface area contributed by atoms with Crippen LogP contribution in [0.15, 0.2) is 36.9 Å². The van der Waals surface area contributed by atoms with Gasteiger partial charge in [0.1, 0.15) is 0 Å². The Morgan fingerprint density at radius 2 is 1.86 bits per heavy atom. The van der Waals surface area contributed by atoms with E-state index in [-0.39, 0.29) is 12.4 Å². The SMILES string of the molecule is C=CCC(CC)(C(=O)c1ccc(N(C)CCO)cc1)N(C)C. The minimum atomic E-state index is -0.541. The van der Waals surface area contributed by atoms with E-state index in [0.717, 1.165) is 12.1 Å². The Hall–Kier alpha value is -1.65. The molecule has 0 aliphatic rings. The van der Waals surface area contributed by atoms with Crippen LogP contribution >= 0.6 is 0 Å². The summed E-state index contributed by atoms with van der Waals surface area (Å²) >= 11 is 0. The van der Waals surface area contributed by atoms with Crippen LogP contribution in [0.1, 0.15) is 30.1 Å². The maximum atomic E-state index is 13.0. The van der Waals surface area contributed by atoms with Crippen LogP contribution in [0.3, 0.4) is 0 Å². The van der Waals surface area contributed by atoms with Gasteiger partial charge in [-0.2, -0.15) is 0 Å². The number of aliphatic hydroxyl groups is 1. The first-order chi connectivity index (χ1) is 10.4. The van der Waals surface area contributed by atoms with Gasteiger partial charge in [-0.1, -0.05) is 13.0 Å². The van der Waals surface area contributed by atoms with Gasteiger partial charge >= 0.3 is 0 Å². The standard InChI is InChI=1S/C18H28N2O2/c1-6-12-18(7-2,19(3)4)17(22)15-8-10-16(11-9-15)20(5)13-14-21/h6,8-11,21H,1,7,12-14H2,2-5H3. The molecule has 1 aromatic rings. The van der Waals surface area contributed by atoms with Crippen molar-refractivity contribution in [3.8, 4) is 0 Å². The predicted molar refractivity (Wildman–Crippen MR) is 92.7 cm³/mol. The van der Waals surface area contributed by atoms with Crippen LogP contribution < -0.4 is 4.90 Å². The number of ketones is 1. The monoisotopic (exact) mass is 304 g/mol. The molecule has 0 saturated carbocycles. The number of rotatable bonds is 9. The summed E-state index contributed by atoms with van der Waals surface area (Å²) in [5, 5.41) is 8.99. The van der Waals surface area contributed by atoms with E-state index in [1.165, 1.54) is 0 Å². The fourth-order valence-corrected chi connectivity index (χ4v) is 2.75. The normalized spacial score (nSPS) is 13.7. The van der Waals surface area contributed by atoms with Crippen LogP contribution in [0.4, 0.5) is 5.69 Å². The largest absolute Gasteiger partial charge is 0.395 e. The van der Waals surface area contributed by atoms with Gasteiger partial charge in [-0.05, 0) is 51.2 Å². The highest BCUT2D eigenvalue weighted by atomic mass is 16.3. The van der Waals surface area contributed by atoms with Crippen molar-refractivity contribution < 1.29 is 9.90 Å². The maximum Gasteiger partial charge on any atom is 0.183 e. The quantitative estimate of drug-likeness (QED) is 0.562. The highest BCUT2D eigenvalue weighted by molar-refractivity contribution is 6.03. The minimum Gasteiger partial charge on any atom is -0.395 e. The number of likely N-dealkylation sites (N-methyl/N-ethyl adjacent to an activating group) is 2. The molecule has 0 spiro atoms. The number of hydrogen-bond donors (Lipinski definition) is 1. The van der Waals surface area contributed by atoms with Crippen LogP contribution in [0.25, 0.3) is 0 Å². The van der Waals surface area contributed by atoms with Gasteiger partial charge in [0.05, 0.1) is 12.1 Å². The highest BCUT2D eigenvalue weighted by Crippen LogP contribution is 2.28. The van der Waals surface area contributed by atoms with Crippen LogP contribution in [0.5, 0.6) is 0 Å². The zero-order valence-electron chi connectivity index (χ0n) is 14.2. The molecule has 0 amide bonds. The molecule has 4 nitrogen and oxygen atoms in total. The molecule has 122 valence electrons. The number of anilines is 1. The molecule has 22 heavy (non-hydrogen) atoms. The Balaban J connectivity index is 3.07. The van der Waals surface area contributed by atoms with E-state index in [2.05, 4.69) is 6.58 Å². The summed E-state index contributed by atoms with van der Waals surface area (Å²) in [4.78, 5) is 16.9. The second-order valence-corrected chi connectivity index (χ2v) is 5.79. The third kappa shape index (κ3) is 3.76. The number of benzene rings is 1. The number of carbonyl (C=O) groups is 1. The lowest BCUT2D eigenvalue weighted by molar-refractivity contribution is 0.0673. The van der Waals surface area contributed by atoms with Crippen molar-refractivity contribution in [3.63, 3.8) is 0 Å². The topological polar surface area (TPSA) is 43.8 Å². The van der Waals surface area contributed by atoms with E-state index in [1.807, 2.05) is 68.2 Å². The Labute approximate surface area is 134 Å². The number of nitrogens with zero attached hydrogens (tertiary/aromatic N) is 2. The summed E-state index contributed by atoms with van der Waals surface area (Å²) in [7, 11) is 5.80. The molecule has 0 bridgehead atoms. The minimum absolute atomic E-state index is 0.107. The van der Waals surface area contributed by atoms with Gasteiger partial charge in [-0.15, -0.1) is 6.58 Å². The van der Waals surface area contributed by atoms with Gasteiger partial charge in [0.2, 0.25) is 0 Å². The van der Waals surface area contributed by atoms with E-state index in [0.29, 0.717) is 18.5 Å². The lowest BCUT2D eigenvalue weighted by Gasteiger charge is -2.37. The van der Waals surface area contributed by atoms with E-state index < -0.39 is 5.54 Å². The van der Waals surface area contributed by atoms with E-state index in [4.69, 9.17) is 5.11 Å². The van der Waals surface area contributed by atoms with Crippen LogP contribution in [0.2, 0.25) is 0 Å². The van der Waals surface area contributed by atoms with Crippen LogP contribution in [-0.4, -0.2) is 55.6 Å². The van der Waals surface area contributed by atoms with Crippen molar-refractivity contribution in [1.29, 1.82) is 0 Å². The molecular formula is C18H28N2O2. The molecule has 1 atom stereocenters. The third-order valence-corrected chi connectivity index (χ3v) is 4.35. The maximum absolute atomic E-state index is 13.0. The second kappa shape index (κ2) is 8.11. The van der Waals surface area contributed by atoms with Crippen molar-refractivity contribution in [3.05, 3.63) is 42.5 Å². The summed E-state index contributed by atoms with van der Waals surface area (Å²) in [5.41, 5.74) is 1.15. The summed E-state index contributed by atoms with van der Waals surface area (Å²) in [6.45, 7) is 6.51. The zero-order valence-corrected chi connectivity index (χ0v) is 14.2. The zero-order chi connectivity index (χ0) is 16.8. The van der Waals surface area contributed by atoms with E-state index in [1.54, 1.807) is 0 Å². The van der Waals surface area contributed by atoms with Gasteiger partial charge in [-0.25, -0.2) is 0 Å². The molecule has 0 aliphatic carbocycles. The Morgan fingerprint density at radius 3 is 2.27 bits per heavy atom. The van der Waals surface area contributed by atoms with Crippen LogP contribution in [0, 0.1) is 0 Å². The fraction of sp³-hybridized carbons (Fsp3) is 0.500. The van der Waals surface area contributed by atoms with Crippen LogP contribution in [-0.2, 0) is 0 Å². The molecule has 0 heterocycles. The Kier molecular flexibility index (Phi) is 6.78. The van der Waals surface area contributed by atoms with Gasteiger partial charge in [0, 0.05) is 24.8 Å². The lowest BCUT2D eigenvalue weighted by Crippen LogP contribution is -2.50. The highest BCUT2D eigenvalue weighted by Gasteiger charge is 2.38. The first-order valence-electron chi connectivity index (χ1n) is 7.68. The van der Waals surface area contributed by atoms with E-state index in [9.17, 15) is 4.79 Å². The third-order valence-electron chi connectivity index (χ3n) is 4.35. The number of aliphatic hydroxyl groups excluding tert-OH is 1. The Bertz CT molecular complexity index is 496. The van der Waals surface area contributed by atoms with Crippen molar-refractivity contribution in [2.45, 2.75) is 25.3 Å². The molecular weight excluding hydrogens is 276 g/mol.